The first kappa shape index (κ1) is 18.4. The Labute approximate surface area is 169 Å². The minimum atomic E-state index is -0.109. The second-order valence-electron chi connectivity index (χ2n) is 8.33. The van der Waals surface area contributed by atoms with E-state index < -0.39 is 0 Å². The van der Waals surface area contributed by atoms with Crippen molar-refractivity contribution in [2.24, 2.45) is 17.8 Å². The van der Waals surface area contributed by atoms with Gasteiger partial charge in [0.15, 0.2) is 11.6 Å². The number of rotatable bonds is 6. The van der Waals surface area contributed by atoms with Crippen molar-refractivity contribution in [2.75, 3.05) is 19.8 Å². The van der Waals surface area contributed by atoms with Crippen molar-refractivity contribution in [1.29, 1.82) is 0 Å². The third-order valence-electron chi connectivity index (χ3n) is 6.65. The predicted octanol–water partition coefficient (Wildman–Crippen LogP) is 3.97. The van der Waals surface area contributed by atoms with Crippen molar-refractivity contribution in [3.63, 3.8) is 0 Å². The van der Waals surface area contributed by atoms with E-state index in [2.05, 4.69) is 0 Å². The lowest BCUT2D eigenvalue weighted by atomic mass is 9.88. The van der Waals surface area contributed by atoms with Crippen molar-refractivity contribution in [3.05, 3.63) is 58.7 Å². The van der Waals surface area contributed by atoms with E-state index in [1.165, 1.54) is 0 Å². The fourth-order valence-corrected chi connectivity index (χ4v) is 4.90. The van der Waals surface area contributed by atoms with Gasteiger partial charge in [0.1, 0.15) is 11.5 Å². The van der Waals surface area contributed by atoms with Crippen LogP contribution in [-0.4, -0.2) is 36.5 Å². The molecule has 0 bridgehead atoms. The van der Waals surface area contributed by atoms with Crippen LogP contribution in [0.4, 0.5) is 0 Å². The van der Waals surface area contributed by atoms with Gasteiger partial charge in [-0.15, -0.1) is 0 Å². The van der Waals surface area contributed by atoms with E-state index in [4.69, 9.17) is 9.47 Å². The van der Waals surface area contributed by atoms with Gasteiger partial charge < -0.3 is 14.6 Å². The third-order valence-corrected chi connectivity index (χ3v) is 6.65. The van der Waals surface area contributed by atoms with E-state index >= 15 is 0 Å². The second-order valence-corrected chi connectivity index (χ2v) is 8.33. The first-order chi connectivity index (χ1) is 14.1. The zero-order valence-electron chi connectivity index (χ0n) is 16.4. The molecule has 5 rings (SSSR count). The summed E-state index contributed by atoms with van der Waals surface area (Å²) < 4.78 is 11.3. The lowest BCUT2D eigenvalue weighted by Crippen LogP contribution is -2.09. The first-order valence-corrected chi connectivity index (χ1v) is 10.3. The molecule has 1 aliphatic carbocycles. The minimum Gasteiger partial charge on any atom is -0.508 e. The van der Waals surface area contributed by atoms with Crippen molar-refractivity contribution in [3.8, 4) is 11.5 Å². The summed E-state index contributed by atoms with van der Waals surface area (Å²) in [5, 5.41) is 9.87. The van der Waals surface area contributed by atoms with Crippen LogP contribution in [0.25, 0.3) is 0 Å². The molecule has 4 atom stereocenters. The molecule has 1 N–H and O–H groups in total. The van der Waals surface area contributed by atoms with Gasteiger partial charge in [0.25, 0.3) is 0 Å². The lowest BCUT2D eigenvalue weighted by molar-refractivity contribution is 0.0950. The molecule has 0 aromatic heterocycles. The average Bonchev–Trinajstić information content (AvgIpc) is 3.09. The Morgan fingerprint density at radius 2 is 1.86 bits per heavy atom. The van der Waals surface area contributed by atoms with Crippen LogP contribution in [0.3, 0.4) is 0 Å². The molecule has 0 spiro atoms. The lowest BCUT2D eigenvalue weighted by Gasteiger charge is -2.13. The summed E-state index contributed by atoms with van der Waals surface area (Å²) in [6.45, 7) is 3.74. The Balaban J connectivity index is 1.50. The van der Waals surface area contributed by atoms with Crippen LogP contribution in [0.15, 0.2) is 36.4 Å². The summed E-state index contributed by atoms with van der Waals surface area (Å²) in [4.78, 5) is 25.6. The molecule has 1 saturated heterocycles. The highest BCUT2D eigenvalue weighted by Crippen LogP contribution is 2.53. The first-order valence-electron chi connectivity index (χ1n) is 10.3. The summed E-state index contributed by atoms with van der Waals surface area (Å²) in [5.74, 6) is 2.17. The molecular weight excluding hydrogens is 368 g/mol. The largest absolute Gasteiger partial charge is 0.508 e. The molecule has 29 heavy (non-hydrogen) atoms. The van der Waals surface area contributed by atoms with E-state index in [-0.39, 0.29) is 23.2 Å². The molecule has 5 heteroatoms. The van der Waals surface area contributed by atoms with Gasteiger partial charge in [-0.25, -0.2) is 0 Å². The number of fused-ring (bicyclic) bond motifs is 2. The number of ether oxygens (including phenoxy) is 2. The van der Waals surface area contributed by atoms with Crippen LogP contribution >= 0.6 is 0 Å². The smallest absolute Gasteiger partial charge is 0.166 e. The molecule has 2 unspecified atom stereocenters. The van der Waals surface area contributed by atoms with Gasteiger partial charge in [-0.2, -0.15) is 0 Å². The SMILES string of the molecule is CCC(=O)c1cc(C(=O)CC2[C@H]3COC[C@@H]23)cc2c1OCC2c1cccc(O)c1. The molecule has 2 heterocycles. The maximum atomic E-state index is 13.1. The number of phenols is 1. The molecule has 3 aliphatic rings. The topological polar surface area (TPSA) is 72.8 Å². The Hall–Kier alpha value is -2.66. The van der Waals surface area contributed by atoms with E-state index in [0.717, 1.165) is 24.3 Å². The van der Waals surface area contributed by atoms with Crippen LogP contribution in [0, 0.1) is 17.8 Å². The Morgan fingerprint density at radius 1 is 1.07 bits per heavy atom. The molecule has 2 aliphatic heterocycles. The highest BCUT2D eigenvalue weighted by molar-refractivity contribution is 6.04. The number of benzene rings is 2. The summed E-state index contributed by atoms with van der Waals surface area (Å²) in [7, 11) is 0. The molecule has 150 valence electrons. The predicted molar refractivity (Wildman–Crippen MR) is 107 cm³/mol. The minimum absolute atomic E-state index is 0.0239. The third kappa shape index (κ3) is 3.14. The molecule has 1 saturated carbocycles. The van der Waals surface area contributed by atoms with E-state index in [1.54, 1.807) is 24.3 Å². The number of ketones is 2. The van der Waals surface area contributed by atoms with Gasteiger partial charge in [-0.3, -0.25) is 9.59 Å². The molecule has 2 aromatic rings. The standard InChI is InChI=1S/C24H24O5/c1-2-22(26)18-8-14(23(27)9-16-20-10-28-11-21(16)20)7-17-19(12-29-24(17)18)13-4-3-5-15(25)6-13/h3-8,16,19-21,25H,2,9-12H2,1H3/t16?,19?,20-,21+. The zero-order valence-corrected chi connectivity index (χ0v) is 16.4. The number of hydrogen-bond acceptors (Lipinski definition) is 5. The number of phenolic OH excluding ortho intramolecular Hbond substituents is 1. The summed E-state index contributed by atoms with van der Waals surface area (Å²) in [5.41, 5.74) is 2.85. The van der Waals surface area contributed by atoms with Crippen LogP contribution in [-0.2, 0) is 4.74 Å². The van der Waals surface area contributed by atoms with Gasteiger partial charge in [0.2, 0.25) is 0 Å². The van der Waals surface area contributed by atoms with Crippen LogP contribution in [0.5, 0.6) is 11.5 Å². The molecule has 0 radical (unpaired) electrons. The number of aromatic hydroxyl groups is 1. The quantitative estimate of drug-likeness (QED) is 0.753. The van der Waals surface area contributed by atoms with Gasteiger partial charge >= 0.3 is 0 Å². The van der Waals surface area contributed by atoms with E-state index in [1.807, 2.05) is 19.1 Å². The fourth-order valence-electron chi connectivity index (χ4n) is 4.90. The maximum absolute atomic E-state index is 13.1. The number of carbonyl (C=O) groups excluding carboxylic acids is 2. The zero-order chi connectivity index (χ0) is 20.1. The Morgan fingerprint density at radius 3 is 2.59 bits per heavy atom. The summed E-state index contributed by atoms with van der Waals surface area (Å²) in [6.07, 6.45) is 0.864. The normalized spacial score (nSPS) is 26.5. The van der Waals surface area contributed by atoms with Crippen molar-refractivity contribution >= 4 is 11.6 Å². The molecular formula is C24H24O5. The summed E-state index contributed by atoms with van der Waals surface area (Å²) in [6, 6.07) is 10.7. The van der Waals surface area contributed by atoms with Gasteiger partial charge in [0, 0.05) is 29.9 Å². The number of hydrogen-bond donors (Lipinski definition) is 1. The fraction of sp³-hybridized carbons (Fsp3) is 0.417. The van der Waals surface area contributed by atoms with Crippen LogP contribution < -0.4 is 4.74 Å². The van der Waals surface area contributed by atoms with Gasteiger partial charge in [-0.1, -0.05) is 19.1 Å². The second kappa shape index (κ2) is 6.99. The van der Waals surface area contributed by atoms with Crippen molar-refractivity contribution in [2.45, 2.75) is 25.7 Å². The molecule has 0 amide bonds. The number of Topliss-reactive ketones (excluding diaryl/α,β-unsaturated/α-hetero) is 2. The summed E-state index contributed by atoms with van der Waals surface area (Å²) >= 11 is 0. The van der Waals surface area contributed by atoms with Crippen LogP contribution in [0.1, 0.15) is 57.5 Å². The highest BCUT2D eigenvalue weighted by atomic mass is 16.5. The Kier molecular flexibility index (Phi) is 4.43. The maximum Gasteiger partial charge on any atom is 0.166 e. The van der Waals surface area contributed by atoms with E-state index in [9.17, 15) is 14.7 Å². The molecule has 5 nitrogen and oxygen atoms in total. The number of carbonyl (C=O) groups is 2. The molecule has 2 aromatic carbocycles. The van der Waals surface area contributed by atoms with Crippen molar-refractivity contribution in [1.82, 2.24) is 0 Å². The molecule has 2 fully saturated rings. The van der Waals surface area contributed by atoms with Crippen molar-refractivity contribution < 1.29 is 24.2 Å². The Bertz CT molecular complexity index is 985. The average molecular weight is 392 g/mol. The highest BCUT2D eigenvalue weighted by Gasteiger charge is 2.54. The monoisotopic (exact) mass is 392 g/mol. The van der Waals surface area contributed by atoms with E-state index in [0.29, 0.717) is 54.1 Å². The van der Waals surface area contributed by atoms with Crippen LogP contribution in [0.2, 0.25) is 0 Å². The van der Waals surface area contributed by atoms with Gasteiger partial charge in [0.05, 0.1) is 25.4 Å². The van der Waals surface area contributed by atoms with Gasteiger partial charge in [-0.05, 0) is 47.6 Å².